The van der Waals surface area contributed by atoms with Gasteiger partial charge in [0.05, 0.1) is 0 Å². The van der Waals surface area contributed by atoms with Crippen molar-refractivity contribution in [3.8, 4) is 44.5 Å². The number of rotatable bonds is 8. The quantitative estimate of drug-likeness (QED) is 0.151. The van der Waals surface area contributed by atoms with Gasteiger partial charge >= 0.3 is 0 Å². The Hall–Kier alpha value is -7.42. The van der Waals surface area contributed by atoms with Gasteiger partial charge in [0.25, 0.3) is 0 Å². The van der Waals surface area contributed by atoms with Gasteiger partial charge in [0.2, 0.25) is 0 Å². The lowest BCUT2D eigenvalue weighted by atomic mass is 9.76. The molecule has 0 radical (unpaired) electrons. The summed E-state index contributed by atoms with van der Waals surface area (Å²) in [5.41, 5.74) is 25.1. The largest absolute Gasteiger partial charge is 0.310 e. The number of para-hydroxylation sites is 2. The van der Waals surface area contributed by atoms with Crippen molar-refractivity contribution in [2.24, 2.45) is 0 Å². The van der Waals surface area contributed by atoms with Crippen LogP contribution < -0.4 is 9.80 Å². The molecule has 9 aromatic rings. The van der Waals surface area contributed by atoms with Crippen LogP contribution in [0.15, 0.2) is 206 Å². The fourth-order valence-electron chi connectivity index (χ4n) is 11.1. The Balaban J connectivity index is 1.02. The third kappa shape index (κ3) is 6.31. The zero-order valence-electron chi connectivity index (χ0n) is 37.5. The van der Waals surface area contributed by atoms with Crippen LogP contribution in [0.5, 0.6) is 0 Å². The molecule has 0 N–H and O–H groups in total. The van der Waals surface area contributed by atoms with Gasteiger partial charge in [0, 0.05) is 45.0 Å². The molecule has 2 aliphatic rings. The molecule has 9 aromatic carbocycles. The predicted molar refractivity (Wildman–Crippen MR) is 271 cm³/mol. The Morgan fingerprint density at radius 3 is 1.30 bits per heavy atom. The molecule has 2 heteroatoms. The van der Waals surface area contributed by atoms with Crippen molar-refractivity contribution in [3.63, 3.8) is 0 Å². The average molecular weight is 825 g/mol. The van der Waals surface area contributed by atoms with Crippen LogP contribution in [-0.4, -0.2) is 0 Å². The zero-order chi connectivity index (χ0) is 43.7. The summed E-state index contributed by atoms with van der Waals surface area (Å²) < 4.78 is 0. The topological polar surface area (TPSA) is 6.48 Å². The third-order valence-corrected chi connectivity index (χ3v) is 14.1. The summed E-state index contributed by atoms with van der Waals surface area (Å²) in [5, 5.41) is 0. The summed E-state index contributed by atoms with van der Waals surface area (Å²) in [4.78, 5) is 4.84. The summed E-state index contributed by atoms with van der Waals surface area (Å²) in [6.07, 6.45) is 0. The molecule has 0 saturated heterocycles. The van der Waals surface area contributed by atoms with Gasteiger partial charge in [-0.25, -0.2) is 0 Å². The smallest absolute Gasteiger partial charge is 0.0467 e. The minimum absolute atomic E-state index is 0.219. The van der Waals surface area contributed by atoms with Crippen molar-refractivity contribution in [2.45, 2.75) is 52.4 Å². The lowest BCUT2D eigenvalue weighted by Crippen LogP contribution is -2.19. The van der Waals surface area contributed by atoms with E-state index in [9.17, 15) is 0 Å². The molecular formula is C62H52N2. The Labute approximate surface area is 378 Å². The van der Waals surface area contributed by atoms with Crippen LogP contribution in [0.3, 0.4) is 0 Å². The minimum atomic E-state index is -0.223. The average Bonchev–Trinajstić information content (AvgIpc) is 3.70. The maximum Gasteiger partial charge on any atom is 0.0467 e. The highest BCUT2D eigenvalue weighted by Gasteiger charge is 2.44. The number of aryl methyl sites for hydroxylation is 1. The minimum Gasteiger partial charge on any atom is -0.310 e. The first kappa shape index (κ1) is 39.4. The molecule has 0 heterocycles. The van der Waals surface area contributed by atoms with Gasteiger partial charge in [-0.15, -0.1) is 0 Å². The SMILES string of the molecule is Cc1cc(N(c2ccccc2)c2cccc(-c3ccccc3)c2)cc2c1-c1cc3c(c(C)c1C2(C)C)-c1ccc(N(c2ccccc2)c2cccc(-c4ccccc4)c2)cc1C3(C)C. The number of anilines is 6. The van der Waals surface area contributed by atoms with E-state index in [2.05, 4.69) is 258 Å². The van der Waals surface area contributed by atoms with Crippen LogP contribution >= 0.6 is 0 Å². The Morgan fingerprint density at radius 1 is 0.312 bits per heavy atom. The van der Waals surface area contributed by atoms with Crippen molar-refractivity contribution in [2.75, 3.05) is 9.80 Å². The van der Waals surface area contributed by atoms with Crippen molar-refractivity contribution in [1.29, 1.82) is 0 Å². The molecule has 310 valence electrons. The van der Waals surface area contributed by atoms with E-state index in [-0.39, 0.29) is 10.8 Å². The fourth-order valence-corrected chi connectivity index (χ4v) is 11.1. The van der Waals surface area contributed by atoms with Gasteiger partial charge < -0.3 is 9.80 Å². The van der Waals surface area contributed by atoms with Gasteiger partial charge in [0.1, 0.15) is 0 Å². The van der Waals surface area contributed by atoms with Crippen LogP contribution in [0.4, 0.5) is 34.1 Å². The first-order chi connectivity index (χ1) is 31.1. The molecule has 0 bridgehead atoms. The molecule has 64 heavy (non-hydrogen) atoms. The monoisotopic (exact) mass is 824 g/mol. The molecule has 2 nitrogen and oxygen atoms in total. The lowest BCUT2D eigenvalue weighted by Gasteiger charge is -2.29. The van der Waals surface area contributed by atoms with Crippen LogP contribution in [-0.2, 0) is 10.8 Å². The van der Waals surface area contributed by atoms with Crippen LogP contribution in [0.1, 0.15) is 61.1 Å². The Bertz CT molecular complexity index is 3220. The summed E-state index contributed by atoms with van der Waals surface area (Å²) in [5.74, 6) is 0. The number of fused-ring (bicyclic) bond motifs is 6. The molecule has 0 aliphatic heterocycles. The van der Waals surface area contributed by atoms with Gasteiger partial charge in [-0.05, 0) is 171 Å². The maximum absolute atomic E-state index is 2.56. The zero-order valence-corrected chi connectivity index (χ0v) is 37.5. The van der Waals surface area contributed by atoms with Gasteiger partial charge in [-0.1, -0.05) is 155 Å². The van der Waals surface area contributed by atoms with E-state index >= 15 is 0 Å². The third-order valence-electron chi connectivity index (χ3n) is 14.1. The molecule has 0 unspecified atom stereocenters. The number of hydrogen-bond donors (Lipinski definition) is 0. The van der Waals surface area contributed by atoms with Gasteiger partial charge in [0.15, 0.2) is 0 Å². The van der Waals surface area contributed by atoms with E-state index in [1.165, 1.54) is 83.6 Å². The van der Waals surface area contributed by atoms with Crippen molar-refractivity contribution >= 4 is 34.1 Å². The van der Waals surface area contributed by atoms with Crippen LogP contribution in [0.2, 0.25) is 0 Å². The maximum atomic E-state index is 2.56. The molecular weight excluding hydrogens is 773 g/mol. The second-order valence-electron chi connectivity index (χ2n) is 18.7. The molecule has 0 saturated carbocycles. The first-order valence-electron chi connectivity index (χ1n) is 22.6. The molecule has 11 rings (SSSR count). The Kier molecular flexibility index (Phi) is 9.33. The highest BCUT2D eigenvalue weighted by molar-refractivity contribution is 5.95. The van der Waals surface area contributed by atoms with E-state index in [0.717, 1.165) is 28.4 Å². The van der Waals surface area contributed by atoms with Crippen molar-refractivity contribution in [3.05, 3.63) is 240 Å². The molecule has 0 aromatic heterocycles. The number of hydrogen-bond acceptors (Lipinski definition) is 2. The van der Waals surface area contributed by atoms with Crippen molar-refractivity contribution < 1.29 is 0 Å². The fraction of sp³-hybridized carbons (Fsp3) is 0.129. The predicted octanol–water partition coefficient (Wildman–Crippen LogP) is 17.2. The van der Waals surface area contributed by atoms with E-state index in [4.69, 9.17) is 0 Å². The number of nitrogens with zero attached hydrogens (tertiary/aromatic N) is 2. The summed E-state index contributed by atoms with van der Waals surface area (Å²) in [6.45, 7) is 14.4. The van der Waals surface area contributed by atoms with E-state index in [1.807, 2.05) is 0 Å². The second-order valence-corrected chi connectivity index (χ2v) is 18.7. The van der Waals surface area contributed by atoms with Crippen molar-refractivity contribution in [1.82, 2.24) is 0 Å². The standard InChI is InChI=1S/C62H52N2/c1-41-35-52(64(48-29-17-10-18-30-48)50-32-20-26-46(37-50)44-23-13-8-14-24-44)39-56-58(41)54-40-57-59(42(2)60(54)62(56,5)6)53-34-33-51(38-55(53)61(57,3)4)63(47-27-15-9-16-28-47)49-31-19-25-45(36-49)43-21-11-7-12-22-43/h7-40H,1-6H3. The van der Waals surface area contributed by atoms with Gasteiger partial charge in [-0.3, -0.25) is 0 Å². The van der Waals surface area contributed by atoms with E-state index in [0.29, 0.717) is 0 Å². The molecule has 0 spiro atoms. The normalized spacial score (nSPS) is 13.7. The van der Waals surface area contributed by atoms with E-state index in [1.54, 1.807) is 0 Å². The number of benzene rings is 9. The molecule has 0 atom stereocenters. The highest BCUT2D eigenvalue weighted by Crippen LogP contribution is 2.60. The van der Waals surface area contributed by atoms with Gasteiger partial charge in [-0.2, -0.15) is 0 Å². The Morgan fingerprint density at radius 2 is 0.750 bits per heavy atom. The summed E-state index contributed by atoms with van der Waals surface area (Å²) >= 11 is 0. The summed E-state index contributed by atoms with van der Waals surface area (Å²) in [7, 11) is 0. The second kappa shape index (κ2) is 15.1. The highest BCUT2D eigenvalue weighted by atomic mass is 15.1. The van der Waals surface area contributed by atoms with Crippen LogP contribution in [0.25, 0.3) is 44.5 Å². The molecule has 2 aliphatic carbocycles. The molecule has 0 amide bonds. The summed E-state index contributed by atoms with van der Waals surface area (Å²) in [6, 6.07) is 75.5. The molecule has 0 fully saturated rings. The first-order valence-corrected chi connectivity index (χ1v) is 22.6. The lowest BCUT2D eigenvalue weighted by molar-refractivity contribution is 0.648. The van der Waals surface area contributed by atoms with Crippen LogP contribution in [0, 0.1) is 13.8 Å². The van der Waals surface area contributed by atoms with E-state index < -0.39 is 0 Å².